The predicted molar refractivity (Wildman–Crippen MR) is 108 cm³/mol. The van der Waals surface area contributed by atoms with Crippen molar-refractivity contribution in [3.05, 3.63) is 11.8 Å². The van der Waals surface area contributed by atoms with E-state index >= 15 is 0 Å². The largest absolute Gasteiger partial charge is 0.468 e. The number of fused-ring (bicyclic) bond motifs is 1. The molecule has 2 fully saturated rings. The molecule has 0 aromatic carbocycles. The Morgan fingerprint density at radius 2 is 1.90 bits per heavy atom. The highest BCUT2D eigenvalue weighted by Crippen LogP contribution is 2.53. The third kappa shape index (κ3) is 4.20. The van der Waals surface area contributed by atoms with Crippen LogP contribution in [0.5, 0.6) is 0 Å². The summed E-state index contributed by atoms with van der Waals surface area (Å²) >= 11 is 0. The van der Waals surface area contributed by atoms with E-state index in [1.807, 2.05) is 11.0 Å². The molecule has 7 heteroatoms. The first-order valence-corrected chi connectivity index (χ1v) is 10.9. The van der Waals surface area contributed by atoms with Gasteiger partial charge in [-0.1, -0.05) is 12.5 Å². The molecule has 0 aromatic heterocycles. The van der Waals surface area contributed by atoms with E-state index in [9.17, 15) is 14.4 Å². The van der Waals surface area contributed by atoms with Gasteiger partial charge in [-0.2, -0.15) is 0 Å². The molecule has 1 aliphatic carbocycles. The van der Waals surface area contributed by atoms with Crippen LogP contribution in [0.2, 0.25) is 0 Å². The molecule has 2 saturated heterocycles. The zero-order valence-corrected chi connectivity index (χ0v) is 17.8. The quantitative estimate of drug-likeness (QED) is 0.480. The topological polar surface area (TPSA) is 76.2 Å². The number of carbonyl (C=O) groups is 3. The fourth-order valence-corrected chi connectivity index (χ4v) is 5.16. The first-order valence-electron chi connectivity index (χ1n) is 10.9. The van der Waals surface area contributed by atoms with Gasteiger partial charge in [-0.05, 0) is 44.9 Å². The van der Waals surface area contributed by atoms with Crippen molar-refractivity contribution in [2.45, 2.75) is 57.8 Å². The molecule has 0 saturated carbocycles. The first-order chi connectivity index (χ1) is 14.1. The Labute approximate surface area is 173 Å². The third-order valence-corrected chi connectivity index (χ3v) is 6.64. The fraction of sp³-hybridized carbons (Fsp3) is 0.773. The summed E-state index contributed by atoms with van der Waals surface area (Å²) < 4.78 is 10.4. The lowest BCUT2D eigenvalue weighted by atomic mass is 9.71. The minimum Gasteiger partial charge on any atom is -0.468 e. The van der Waals surface area contributed by atoms with E-state index in [2.05, 4.69) is 0 Å². The Kier molecular flexibility index (Phi) is 7.33. The van der Waals surface area contributed by atoms with Crippen LogP contribution in [-0.2, 0) is 23.9 Å². The van der Waals surface area contributed by atoms with Crippen LogP contribution in [0, 0.1) is 11.3 Å². The lowest BCUT2D eigenvalue weighted by molar-refractivity contribution is -0.156. The Balaban J connectivity index is 1.93. The number of likely N-dealkylation sites (tertiary alicyclic amines) is 2. The SMILES string of the molecule is COCCCN1C(=O)[C@H](CC(=O)N2CCCCC2)[C@]2(C(=O)OC)CCCCC=C12. The Bertz CT molecular complexity index is 656. The van der Waals surface area contributed by atoms with Crippen LogP contribution in [0.1, 0.15) is 57.8 Å². The van der Waals surface area contributed by atoms with E-state index in [1.54, 1.807) is 12.0 Å². The molecule has 162 valence electrons. The van der Waals surface area contributed by atoms with Crippen molar-refractivity contribution in [1.82, 2.24) is 9.80 Å². The van der Waals surface area contributed by atoms with Crippen molar-refractivity contribution >= 4 is 17.8 Å². The van der Waals surface area contributed by atoms with Crippen LogP contribution in [0.3, 0.4) is 0 Å². The first kappa shape index (κ1) is 21.8. The van der Waals surface area contributed by atoms with E-state index in [1.165, 1.54) is 7.11 Å². The zero-order chi connectivity index (χ0) is 20.9. The molecule has 29 heavy (non-hydrogen) atoms. The van der Waals surface area contributed by atoms with Crippen LogP contribution in [-0.4, -0.2) is 68.0 Å². The molecule has 0 spiro atoms. The number of rotatable bonds is 7. The minimum atomic E-state index is -1.04. The highest BCUT2D eigenvalue weighted by atomic mass is 16.5. The molecule has 0 bridgehead atoms. The highest BCUT2D eigenvalue weighted by molar-refractivity contribution is 5.98. The number of allylic oxidation sites excluding steroid dienone is 1. The van der Waals surface area contributed by atoms with Gasteiger partial charge >= 0.3 is 5.97 Å². The van der Waals surface area contributed by atoms with Gasteiger partial charge in [-0.3, -0.25) is 14.4 Å². The minimum absolute atomic E-state index is 0.0198. The number of hydrogen-bond acceptors (Lipinski definition) is 5. The van der Waals surface area contributed by atoms with Crippen molar-refractivity contribution in [3.63, 3.8) is 0 Å². The van der Waals surface area contributed by atoms with Crippen molar-refractivity contribution < 1.29 is 23.9 Å². The summed E-state index contributed by atoms with van der Waals surface area (Å²) in [5.41, 5.74) is -0.291. The van der Waals surface area contributed by atoms with E-state index in [-0.39, 0.29) is 24.2 Å². The van der Waals surface area contributed by atoms with E-state index in [0.717, 1.165) is 57.3 Å². The average Bonchev–Trinajstić information content (AvgIpc) is 2.89. The van der Waals surface area contributed by atoms with Gasteiger partial charge < -0.3 is 19.3 Å². The smallest absolute Gasteiger partial charge is 0.318 e. The predicted octanol–water partition coefficient (Wildman–Crippen LogP) is 2.50. The fourth-order valence-electron chi connectivity index (χ4n) is 5.16. The molecule has 3 rings (SSSR count). The maximum Gasteiger partial charge on any atom is 0.318 e. The van der Waals surface area contributed by atoms with Crippen molar-refractivity contribution in [3.8, 4) is 0 Å². The second kappa shape index (κ2) is 9.74. The highest BCUT2D eigenvalue weighted by Gasteiger charge is 2.61. The Morgan fingerprint density at radius 1 is 1.14 bits per heavy atom. The number of piperidine rings is 1. The molecule has 0 N–H and O–H groups in total. The lowest BCUT2D eigenvalue weighted by Crippen LogP contribution is -2.43. The number of amides is 2. The number of ether oxygens (including phenoxy) is 2. The number of methoxy groups -OCH3 is 2. The van der Waals surface area contributed by atoms with Gasteiger partial charge in [0.15, 0.2) is 0 Å². The van der Waals surface area contributed by atoms with Crippen molar-refractivity contribution in [1.29, 1.82) is 0 Å². The summed E-state index contributed by atoms with van der Waals surface area (Å²) in [6, 6.07) is 0. The van der Waals surface area contributed by atoms with E-state index in [0.29, 0.717) is 26.0 Å². The van der Waals surface area contributed by atoms with Gasteiger partial charge in [-0.25, -0.2) is 0 Å². The van der Waals surface area contributed by atoms with Crippen LogP contribution in [0.15, 0.2) is 11.8 Å². The molecule has 3 aliphatic rings. The van der Waals surface area contributed by atoms with Gasteiger partial charge in [0.05, 0.1) is 13.0 Å². The Hall–Kier alpha value is -1.89. The molecule has 2 amide bonds. The number of nitrogens with zero attached hydrogens (tertiary/aromatic N) is 2. The molecule has 0 radical (unpaired) electrons. The summed E-state index contributed by atoms with van der Waals surface area (Å²) in [7, 11) is 3.01. The second-order valence-electron chi connectivity index (χ2n) is 8.33. The van der Waals surface area contributed by atoms with Gasteiger partial charge in [0, 0.05) is 45.5 Å². The summed E-state index contributed by atoms with van der Waals surface area (Å²) in [5, 5.41) is 0. The molecule has 7 nitrogen and oxygen atoms in total. The third-order valence-electron chi connectivity index (χ3n) is 6.64. The van der Waals surface area contributed by atoms with Crippen molar-refractivity contribution in [2.24, 2.45) is 11.3 Å². The summed E-state index contributed by atoms with van der Waals surface area (Å²) in [6.07, 6.45) is 9.11. The molecule has 2 aliphatic heterocycles. The molecular weight excluding hydrogens is 372 g/mol. The lowest BCUT2D eigenvalue weighted by Gasteiger charge is -2.33. The van der Waals surface area contributed by atoms with Crippen molar-refractivity contribution in [2.75, 3.05) is 40.5 Å². The summed E-state index contributed by atoms with van der Waals surface area (Å²) in [6.45, 7) is 2.52. The average molecular weight is 407 g/mol. The monoisotopic (exact) mass is 406 g/mol. The maximum atomic E-state index is 13.5. The zero-order valence-electron chi connectivity index (χ0n) is 17.8. The number of hydrogen-bond donors (Lipinski definition) is 0. The maximum absolute atomic E-state index is 13.5. The molecule has 2 heterocycles. The van der Waals surface area contributed by atoms with Crippen LogP contribution < -0.4 is 0 Å². The van der Waals surface area contributed by atoms with E-state index in [4.69, 9.17) is 9.47 Å². The van der Waals surface area contributed by atoms with Gasteiger partial charge in [-0.15, -0.1) is 0 Å². The molecular formula is C22H34N2O5. The van der Waals surface area contributed by atoms with Crippen LogP contribution in [0.25, 0.3) is 0 Å². The Morgan fingerprint density at radius 3 is 2.59 bits per heavy atom. The summed E-state index contributed by atoms with van der Waals surface area (Å²) in [4.78, 5) is 43.2. The van der Waals surface area contributed by atoms with Gasteiger partial charge in [0.2, 0.25) is 11.8 Å². The summed E-state index contributed by atoms with van der Waals surface area (Å²) in [5.74, 6) is -1.21. The van der Waals surface area contributed by atoms with Gasteiger partial charge in [0.25, 0.3) is 0 Å². The van der Waals surface area contributed by atoms with Gasteiger partial charge in [0.1, 0.15) is 5.41 Å². The molecule has 0 unspecified atom stereocenters. The molecule has 2 atom stereocenters. The van der Waals surface area contributed by atoms with Crippen LogP contribution in [0.4, 0.5) is 0 Å². The van der Waals surface area contributed by atoms with E-state index < -0.39 is 11.3 Å². The number of esters is 1. The normalized spacial score (nSPS) is 27.3. The second-order valence-corrected chi connectivity index (χ2v) is 8.33. The molecule has 0 aromatic rings. The number of carbonyl (C=O) groups excluding carboxylic acids is 3. The van der Waals surface area contributed by atoms with Crippen LogP contribution >= 0.6 is 0 Å². The standard InChI is InChI=1S/C22H34N2O5/c1-28-15-9-14-24-18-10-5-3-6-11-22(18,21(27)29-2)17(20(24)26)16-19(25)23-12-7-4-8-13-23/h10,17H,3-9,11-16H2,1-2H3/t17-,22+/m0/s1.